The summed E-state index contributed by atoms with van der Waals surface area (Å²) >= 11 is 0. The Hall–Kier alpha value is -3.39. The summed E-state index contributed by atoms with van der Waals surface area (Å²) in [6.45, 7) is 4.87. The molecule has 8 heteroatoms. The lowest BCUT2D eigenvalue weighted by molar-refractivity contribution is 0.106. The molecule has 2 aliphatic heterocycles. The normalized spacial score (nSPS) is 19.6. The predicted molar refractivity (Wildman–Crippen MR) is 119 cm³/mol. The number of fused-ring (bicyclic) bond motifs is 1. The molecule has 31 heavy (non-hydrogen) atoms. The summed E-state index contributed by atoms with van der Waals surface area (Å²) in [5.41, 5.74) is 3.68. The van der Waals surface area contributed by atoms with Crippen molar-refractivity contribution in [3.8, 4) is 5.88 Å². The van der Waals surface area contributed by atoms with Crippen LogP contribution in [0.25, 0.3) is 11.0 Å². The highest BCUT2D eigenvalue weighted by Crippen LogP contribution is 2.27. The van der Waals surface area contributed by atoms with Crippen LogP contribution in [-0.2, 0) is 4.74 Å². The Morgan fingerprint density at radius 3 is 2.65 bits per heavy atom. The second-order valence-corrected chi connectivity index (χ2v) is 7.79. The molecule has 0 unspecified atom stereocenters. The maximum absolute atomic E-state index is 12.3. The number of hydrogen-bond acceptors (Lipinski definition) is 7. The molecule has 0 bridgehead atoms. The number of anilines is 2. The minimum Gasteiger partial charge on any atom is -0.481 e. The number of carbonyl (C=O) groups excluding carboxylic acids is 1. The highest BCUT2D eigenvalue weighted by Gasteiger charge is 2.34. The minimum atomic E-state index is -0.266. The molecule has 1 atom stereocenters. The average Bonchev–Trinajstić information content (AvgIpc) is 3.19. The number of amides is 1. The molecule has 0 radical (unpaired) electrons. The van der Waals surface area contributed by atoms with Crippen LogP contribution >= 0.6 is 0 Å². The van der Waals surface area contributed by atoms with Gasteiger partial charge in [-0.2, -0.15) is 0 Å². The second kappa shape index (κ2) is 8.39. The summed E-state index contributed by atoms with van der Waals surface area (Å²) in [4.78, 5) is 27.7. The van der Waals surface area contributed by atoms with Crippen molar-refractivity contribution in [3.63, 3.8) is 0 Å². The molecule has 2 fully saturated rings. The number of pyridine rings is 2. The van der Waals surface area contributed by atoms with Gasteiger partial charge in [0.25, 0.3) is 0 Å². The lowest BCUT2D eigenvalue weighted by atomic mass is 10.2. The van der Waals surface area contributed by atoms with Crippen molar-refractivity contribution in [1.29, 1.82) is 0 Å². The monoisotopic (exact) mass is 419 g/mol. The first-order valence-electron chi connectivity index (χ1n) is 10.5. The van der Waals surface area contributed by atoms with Crippen LogP contribution < -0.4 is 14.5 Å². The van der Waals surface area contributed by atoms with Crippen LogP contribution in [0.2, 0.25) is 0 Å². The van der Waals surface area contributed by atoms with Crippen LogP contribution in [0.5, 0.6) is 5.88 Å². The van der Waals surface area contributed by atoms with Gasteiger partial charge in [0, 0.05) is 50.7 Å². The van der Waals surface area contributed by atoms with Crippen molar-refractivity contribution in [1.82, 2.24) is 14.9 Å². The maximum atomic E-state index is 12.3. The largest absolute Gasteiger partial charge is 0.481 e. The third kappa shape index (κ3) is 3.98. The van der Waals surface area contributed by atoms with Gasteiger partial charge in [-0.05, 0) is 24.3 Å². The first-order valence-corrected chi connectivity index (χ1v) is 10.5. The van der Waals surface area contributed by atoms with E-state index in [0.29, 0.717) is 12.4 Å². The molecule has 2 saturated heterocycles. The summed E-state index contributed by atoms with van der Waals surface area (Å²) < 4.78 is 10.9. The number of aromatic nitrogens is 2. The van der Waals surface area contributed by atoms with E-state index in [-0.39, 0.29) is 12.2 Å². The van der Waals surface area contributed by atoms with Crippen LogP contribution in [0, 0.1) is 0 Å². The number of para-hydroxylation sites is 1. The highest BCUT2D eigenvalue weighted by atomic mass is 16.6. The van der Waals surface area contributed by atoms with E-state index in [1.54, 1.807) is 12.0 Å². The molecule has 8 nitrogen and oxygen atoms in total. The smallest absolute Gasteiger partial charge is 0.414 e. The number of carbonyl (C=O) groups is 1. The Morgan fingerprint density at radius 1 is 1.06 bits per heavy atom. The molecular weight excluding hydrogens is 394 g/mol. The van der Waals surface area contributed by atoms with E-state index in [9.17, 15) is 4.79 Å². The third-order valence-corrected chi connectivity index (χ3v) is 5.86. The lowest BCUT2D eigenvalue weighted by Gasteiger charge is -2.36. The topological polar surface area (TPSA) is 71.0 Å². The Balaban J connectivity index is 1.22. The zero-order valence-corrected chi connectivity index (χ0v) is 17.5. The van der Waals surface area contributed by atoms with Gasteiger partial charge in [0.2, 0.25) is 5.88 Å². The zero-order chi connectivity index (χ0) is 21.2. The molecule has 0 spiro atoms. The van der Waals surface area contributed by atoms with Crippen molar-refractivity contribution in [2.45, 2.75) is 6.10 Å². The second-order valence-electron chi connectivity index (χ2n) is 7.79. The van der Waals surface area contributed by atoms with Gasteiger partial charge in [0.15, 0.2) is 0 Å². The van der Waals surface area contributed by atoms with E-state index in [1.165, 1.54) is 0 Å². The van der Waals surface area contributed by atoms with E-state index in [4.69, 9.17) is 9.47 Å². The van der Waals surface area contributed by atoms with E-state index in [1.807, 2.05) is 54.7 Å². The molecular formula is C23H25N5O3. The average molecular weight is 419 g/mol. The van der Waals surface area contributed by atoms with Crippen LogP contribution in [0.3, 0.4) is 0 Å². The predicted octanol–water partition coefficient (Wildman–Crippen LogP) is 2.79. The van der Waals surface area contributed by atoms with Gasteiger partial charge >= 0.3 is 6.09 Å². The molecule has 4 heterocycles. The van der Waals surface area contributed by atoms with Gasteiger partial charge in [-0.25, -0.2) is 9.78 Å². The Labute approximate surface area is 181 Å². The van der Waals surface area contributed by atoms with E-state index < -0.39 is 0 Å². The molecule has 2 aliphatic rings. The SMILES string of the molecule is COc1ccc2nccc(N3CCN(C[C@@H]4CN(c5ccccc5)C(=O)O4)CC3)c2n1. The van der Waals surface area contributed by atoms with Crippen molar-refractivity contribution in [3.05, 3.63) is 54.7 Å². The molecule has 2 aromatic heterocycles. The minimum absolute atomic E-state index is 0.119. The van der Waals surface area contributed by atoms with Gasteiger partial charge in [-0.1, -0.05) is 18.2 Å². The number of methoxy groups -OCH3 is 1. The van der Waals surface area contributed by atoms with Crippen LogP contribution in [0.15, 0.2) is 54.7 Å². The Morgan fingerprint density at radius 2 is 1.87 bits per heavy atom. The standard InChI is InChI=1S/C23H25N5O3/c1-30-21-8-7-19-22(25-21)20(9-10-24-19)27-13-11-26(12-14-27)15-18-16-28(23(29)31-18)17-5-3-2-4-6-17/h2-10,18H,11-16H2,1H3/t18-/m1/s1. The molecule has 1 amide bonds. The van der Waals surface area contributed by atoms with E-state index in [0.717, 1.165) is 55.1 Å². The van der Waals surface area contributed by atoms with Gasteiger partial charge in [0.1, 0.15) is 11.6 Å². The van der Waals surface area contributed by atoms with Crippen LogP contribution in [0.1, 0.15) is 0 Å². The first kappa shape index (κ1) is 19.6. The van der Waals surface area contributed by atoms with Crippen molar-refractivity contribution in [2.75, 3.05) is 56.2 Å². The molecule has 3 aromatic rings. The quantitative estimate of drug-likeness (QED) is 0.630. The van der Waals surface area contributed by atoms with E-state index >= 15 is 0 Å². The number of benzene rings is 1. The lowest BCUT2D eigenvalue weighted by Crippen LogP contribution is -2.49. The molecule has 1 aromatic carbocycles. The Kier molecular flexibility index (Phi) is 5.30. The number of nitrogens with zero attached hydrogens (tertiary/aromatic N) is 5. The maximum Gasteiger partial charge on any atom is 0.414 e. The first-order chi connectivity index (χ1) is 15.2. The van der Waals surface area contributed by atoms with Gasteiger partial charge in [-0.15, -0.1) is 0 Å². The van der Waals surface area contributed by atoms with E-state index in [2.05, 4.69) is 19.8 Å². The number of cyclic esters (lactones) is 1. The fourth-order valence-electron chi connectivity index (χ4n) is 4.26. The molecule has 0 saturated carbocycles. The number of ether oxygens (including phenoxy) is 2. The van der Waals surface area contributed by atoms with Crippen molar-refractivity contribution in [2.24, 2.45) is 0 Å². The fourth-order valence-corrected chi connectivity index (χ4v) is 4.26. The fraction of sp³-hybridized carbons (Fsp3) is 0.348. The number of rotatable bonds is 5. The third-order valence-electron chi connectivity index (χ3n) is 5.86. The van der Waals surface area contributed by atoms with Crippen LogP contribution in [-0.4, -0.2) is 73.4 Å². The van der Waals surface area contributed by atoms with Crippen molar-refractivity contribution < 1.29 is 14.3 Å². The summed E-state index contributed by atoms with van der Waals surface area (Å²) in [7, 11) is 1.62. The van der Waals surface area contributed by atoms with Crippen molar-refractivity contribution >= 4 is 28.5 Å². The highest BCUT2D eigenvalue weighted by molar-refractivity contribution is 5.90. The van der Waals surface area contributed by atoms with Gasteiger partial charge in [-0.3, -0.25) is 14.8 Å². The summed E-state index contributed by atoms with van der Waals surface area (Å²) in [6.07, 6.45) is 1.44. The van der Waals surface area contributed by atoms with Crippen LogP contribution in [0.4, 0.5) is 16.2 Å². The number of hydrogen-bond donors (Lipinski definition) is 0. The molecule has 5 rings (SSSR count). The summed E-state index contributed by atoms with van der Waals surface area (Å²) in [5.74, 6) is 0.589. The molecule has 160 valence electrons. The summed E-state index contributed by atoms with van der Waals surface area (Å²) in [6, 6.07) is 15.5. The molecule has 0 N–H and O–H groups in total. The number of piperazine rings is 1. The summed E-state index contributed by atoms with van der Waals surface area (Å²) in [5, 5.41) is 0. The molecule has 0 aliphatic carbocycles. The van der Waals surface area contributed by atoms with Gasteiger partial charge in [0.05, 0.1) is 24.9 Å². The van der Waals surface area contributed by atoms with Gasteiger partial charge < -0.3 is 14.4 Å². The Bertz CT molecular complexity index is 1070. The zero-order valence-electron chi connectivity index (χ0n) is 17.5.